The summed E-state index contributed by atoms with van der Waals surface area (Å²) in [6.45, 7) is 3.76. The minimum Gasteiger partial charge on any atom is -0.462 e. The Bertz CT molecular complexity index is 1320. The number of carbonyl (C=O) groups is 2. The normalized spacial score (nSPS) is 19.9. The van der Waals surface area contributed by atoms with E-state index in [-0.39, 0.29) is 19.4 Å². The Morgan fingerprint density at radius 3 is 1.41 bits per heavy atom. The van der Waals surface area contributed by atoms with Gasteiger partial charge >= 0.3 is 11.9 Å². The van der Waals surface area contributed by atoms with Gasteiger partial charge in [-0.15, -0.1) is 0 Å². The lowest BCUT2D eigenvalue weighted by molar-refractivity contribution is -0.297. The summed E-state index contributed by atoms with van der Waals surface area (Å²) >= 11 is 0. The van der Waals surface area contributed by atoms with Crippen molar-refractivity contribution in [2.24, 2.45) is 0 Å². The maximum atomic E-state index is 12.9. The van der Waals surface area contributed by atoms with Gasteiger partial charge in [0, 0.05) is 12.8 Å². The Morgan fingerprint density at radius 1 is 0.531 bits per heavy atom. The van der Waals surface area contributed by atoms with Gasteiger partial charge in [0.2, 0.25) is 0 Å². The highest BCUT2D eigenvalue weighted by atomic mass is 32.2. The van der Waals surface area contributed by atoms with Gasteiger partial charge in [-0.25, -0.2) is 0 Å². The zero-order chi connectivity index (χ0) is 46.9. The molecule has 0 bridgehead atoms. The van der Waals surface area contributed by atoms with Gasteiger partial charge in [0.1, 0.15) is 36.8 Å². The van der Waals surface area contributed by atoms with Gasteiger partial charge < -0.3 is 34.3 Å². The van der Waals surface area contributed by atoms with Crippen LogP contribution in [0.1, 0.15) is 219 Å². The maximum Gasteiger partial charge on any atom is 0.306 e. The second-order valence-corrected chi connectivity index (χ2v) is 19.3. The van der Waals surface area contributed by atoms with Crippen molar-refractivity contribution >= 4 is 22.1 Å². The minimum atomic E-state index is -4.61. The standard InChI is InChI=1S/C51H92O12S/c1-3-5-7-9-11-13-15-17-19-21-23-25-27-29-31-33-35-37-39-46(52)60-41-44(42-61-51-50(56)49(55)48(54)45(63-51)43-64(57,58)59)62-47(53)40-38-36-34-32-30-28-26-24-22-20-18-16-14-12-10-8-6-4-2/h14,16,19-22,44-45,48-51,54-56H,3-13,15,17-18,23-43H2,1-2H3,(H,57,58,59)/b16-14-,21-19-,22-20-. The predicted molar refractivity (Wildman–Crippen MR) is 256 cm³/mol. The monoisotopic (exact) mass is 929 g/mol. The van der Waals surface area contributed by atoms with Crippen molar-refractivity contribution < 1.29 is 56.8 Å². The number of hydrogen-bond acceptors (Lipinski definition) is 11. The highest BCUT2D eigenvalue weighted by Gasteiger charge is 2.46. The van der Waals surface area contributed by atoms with Crippen LogP contribution in [-0.4, -0.2) is 96.0 Å². The summed E-state index contributed by atoms with van der Waals surface area (Å²) in [4.78, 5) is 25.5. The molecule has 64 heavy (non-hydrogen) atoms. The van der Waals surface area contributed by atoms with Crippen LogP contribution in [0.4, 0.5) is 0 Å². The second-order valence-electron chi connectivity index (χ2n) is 17.8. The zero-order valence-electron chi connectivity index (χ0n) is 40.1. The third-order valence-electron chi connectivity index (χ3n) is 11.7. The number of aliphatic hydroxyl groups is 3. The molecule has 0 spiro atoms. The maximum absolute atomic E-state index is 12.9. The number of rotatable bonds is 43. The molecule has 0 amide bonds. The number of unbranched alkanes of at least 4 members (excludes halogenated alkanes) is 25. The molecule has 374 valence electrons. The molecule has 13 heteroatoms. The fraction of sp³-hybridized carbons (Fsp3) is 0.843. The van der Waals surface area contributed by atoms with E-state index in [1.54, 1.807) is 0 Å². The molecular weight excluding hydrogens is 837 g/mol. The van der Waals surface area contributed by atoms with E-state index in [4.69, 9.17) is 18.9 Å². The number of hydrogen-bond donors (Lipinski definition) is 4. The molecule has 1 aliphatic heterocycles. The molecule has 0 radical (unpaired) electrons. The largest absolute Gasteiger partial charge is 0.462 e. The molecule has 0 aromatic heterocycles. The first kappa shape index (κ1) is 59.9. The highest BCUT2D eigenvalue weighted by molar-refractivity contribution is 7.85. The molecule has 6 unspecified atom stereocenters. The summed E-state index contributed by atoms with van der Waals surface area (Å²) < 4.78 is 54.2. The van der Waals surface area contributed by atoms with Crippen LogP contribution >= 0.6 is 0 Å². The molecule has 0 aromatic rings. The van der Waals surface area contributed by atoms with Gasteiger partial charge in [-0.3, -0.25) is 14.1 Å². The lowest BCUT2D eigenvalue weighted by Crippen LogP contribution is -2.60. The summed E-state index contributed by atoms with van der Waals surface area (Å²) in [7, 11) is -4.61. The molecule has 0 saturated carbocycles. The number of allylic oxidation sites excluding steroid dienone is 6. The van der Waals surface area contributed by atoms with E-state index < -0.39 is 71.2 Å². The van der Waals surface area contributed by atoms with Crippen LogP contribution in [0.3, 0.4) is 0 Å². The third kappa shape index (κ3) is 35.1. The number of esters is 2. The van der Waals surface area contributed by atoms with Gasteiger partial charge in [-0.2, -0.15) is 8.42 Å². The van der Waals surface area contributed by atoms with E-state index in [1.807, 2.05) is 0 Å². The van der Waals surface area contributed by atoms with Gasteiger partial charge in [0.15, 0.2) is 12.4 Å². The molecule has 1 aliphatic rings. The van der Waals surface area contributed by atoms with E-state index in [0.717, 1.165) is 64.2 Å². The summed E-state index contributed by atoms with van der Waals surface area (Å²) in [5.41, 5.74) is 0. The Hall–Kier alpha value is -2.13. The van der Waals surface area contributed by atoms with Gasteiger partial charge in [-0.1, -0.05) is 172 Å². The van der Waals surface area contributed by atoms with Crippen molar-refractivity contribution in [2.45, 2.75) is 256 Å². The molecule has 1 heterocycles. The van der Waals surface area contributed by atoms with Crippen molar-refractivity contribution in [3.8, 4) is 0 Å². The van der Waals surface area contributed by atoms with E-state index >= 15 is 0 Å². The topological polar surface area (TPSA) is 186 Å². The van der Waals surface area contributed by atoms with Crippen LogP contribution in [0.25, 0.3) is 0 Å². The van der Waals surface area contributed by atoms with Crippen molar-refractivity contribution in [1.82, 2.24) is 0 Å². The lowest BCUT2D eigenvalue weighted by atomic mass is 10.00. The van der Waals surface area contributed by atoms with Crippen LogP contribution < -0.4 is 0 Å². The smallest absolute Gasteiger partial charge is 0.306 e. The van der Waals surface area contributed by atoms with Gasteiger partial charge in [0.25, 0.3) is 10.1 Å². The quantitative estimate of drug-likeness (QED) is 0.0196. The van der Waals surface area contributed by atoms with E-state index in [9.17, 15) is 37.9 Å². The number of carbonyl (C=O) groups excluding carboxylic acids is 2. The van der Waals surface area contributed by atoms with Gasteiger partial charge in [0.05, 0.1) is 6.61 Å². The van der Waals surface area contributed by atoms with Crippen molar-refractivity contribution in [1.29, 1.82) is 0 Å². The second kappa shape index (κ2) is 41.1. The molecule has 1 saturated heterocycles. The Labute approximate surface area is 389 Å². The van der Waals surface area contributed by atoms with Crippen LogP contribution in [0.15, 0.2) is 36.5 Å². The molecule has 4 N–H and O–H groups in total. The number of ether oxygens (including phenoxy) is 4. The van der Waals surface area contributed by atoms with Crippen LogP contribution in [0, 0.1) is 0 Å². The average molecular weight is 929 g/mol. The predicted octanol–water partition coefficient (Wildman–Crippen LogP) is 11.3. The molecular formula is C51H92O12S. The first-order chi connectivity index (χ1) is 31.0. The fourth-order valence-corrected chi connectivity index (χ4v) is 8.39. The molecule has 0 aliphatic carbocycles. The molecule has 0 aromatic carbocycles. The fourth-order valence-electron chi connectivity index (χ4n) is 7.70. The van der Waals surface area contributed by atoms with Crippen molar-refractivity contribution in [2.75, 3.05) is 19.0 Å². The van der Waals surface area contributed by atoms with Crippen LogP contribution in [0.5, 0.6) is 0 Å². The van der Waals surface area contributed by atoms with E-state index in [1.165, 1.54) is 116 Å². The van der Waals surface area contributed by atoms with Crippen molar-refractivity contribution in [3.63, 3.8) is 0 Å². The van der Waals surface area contributed by atoms with Crippen LogP contribution in [-0.2, 0) is 38.7 Å². The first-order valence-corrected chi connectivity index (χ1v) is 27.2. The van der Waals surface area contributed by atoms with Gasteiger partial charge in [-0.05, 0) is 70.6 Å². The average Bonchev–Trinajstić information content (AvgIpc) is 3.26. The zero-order valence-corrected chi connectivity index (χ0v) is 41.0. The first-order valence-electron chi connectivity index (χ1n) is 25.5. The highest BCUT2D eigenvalue weighted by Crippen LogP contribution is 2.24. The molecule has 1 rings (SSSR count). The number of aliphatic hydroxyl groups excluding tert-OH is 3. The summed E-state index contributed by atoms with van der Waals surface area (Å²) in [5, 5.41) is 31.0. The van der Waals surface area contributed by atoms with Crippen molar-refractivity contribution in [3.05, 3.63) is 36.5 Å². The molecule has 12 nitrogen and oxygen atoms in total. The van der Waals surface area contributed by atoms with Crippen LogP contribution in [0.2, 0.25) is 0 Å². The third-order valence-corrected chi connectivity index (χ3v) is 12.4. The SMILES string of the molecule is CCCCCC/C=C\C/C=C\CCCCCCCCCC(=O)OC(COC(=O)CCCCCCCCC/C=C\CCCCCCCCC)COC1OC(CS(=O)(=O)O)C(O)C(O)C1O. The Morgan fingerprint density at radius 2 is 0.938 bits per heavy atom. The summed E-state index contributed by atoms with van der Waals surface area (Å²) in [6.07, 6.45) is 38.9. The molecule has 6 atom stereocenters. The Balaban J connectivity index is 2.39. The lowest BCUT2D eigenvalue weighted by Gasteiger charge is -2.40. The minimum absolute atomic E-state index is 0.155. The molecule has 1 fully saturated rings. The van der Waals surface area contributed by atoms with E-state index in [2.05, 4.69) is 50.3 Å². The Kier molecular flexibility index (Phi) is 38.4. The summed E-state index contributed by atoms with van der Waals surface area (Å²) in [6, 6.07) is 0. The summed E-state index contributed by atoms with van der Waals surface area (Å²) in [5.74, 6) is -1.99. The van der Waals surface area contributed by atoms with E-state index in [0.29, 0.717) is 12.8 Å².